The molecule has 4 rings (SSSR count). The second-order valence-corrected chi connectivity index (χ2v) is 8.21. The lowest BCUT2D eigenvalue weighted by Gasteiger charge is -2.31. The highest BCUT2D eigenvalue weighted by Crippen LogP contribution is 2.33. The second-order valence-electron chi connectivity index (χ2n) is 7.26. The predicted molar refractivity (Wildman–Crippen MR) is 114 cm³/mol. The van der Waals surface area contributed by atoms with Crippen molar-refractivity contribution in [3.8, 4) is 21.8 Å². The van der Waals surface area contributed by atoms with Gasteiger partial charge in [-0.1, -0.05) is 12.5 Å². The van der Waals surface area contributed by atoms with E-state index in [1.165, 1.54) is 19.3 Å². The van der Waals surface area contributed by atoms with Gasteiger partial charge in [-0.05, 0) is 44.3 Å². The molecular weight excluding hydrogens is 384 g/mol. The number of rotatable bonds is 7. The van der Waals surface area contributed by atoms with Crippen molar-refractivity contribution in [3.05, 3.63) is 42.3 Å². The molecule has 1 N–H and O–H groups in total. The van der Waals surface area contributed by atoms with E-state index in [0.717, 1.165) is 34.9 Å². The summed E-state index contributed by atoms with van der Waals surface area (Å²) in [5.41, 5.74) is 2.76. The summed E-state index contributed by atoms with van der Waals surface area (Å²) in [4.78, 5) is 24.6. The molecule has 152 valence electrons. The molecule has 0 aliphatic carbocycles. The molecule has 0 saturated carbocycles. The number of hydrogen-bond donors (Lipinski definition) is 1. The molecule has 1 aliphatic rings. The highest BCUT2D eigenvalue weighted by Gasteiger charge is 2.23. The molecule has 0 spiro atoms. The van der Waals surface area contributed by atoms with Crippen molar-refractivity contribution in [1.82, 2.24) is 30.0 Å². The van der Waals surface area contributed by atoms with Gasteiger partial charge in [-0.2, -0.15) is 5.10 Å². The van der Waals surface area contributed by atoms with Crippen LogP contribution in [-0.4, -0.2) is 56.2 Å². The molecule has 1 fully saturated rings. The number of nitrogens with one attached hydrogen (secondary N) is 1. The molecule has 8 heteroatoms. The van der Waals surface area contributed by atoms with Gasteiger partial charge >= 0.3 is 0 Å². The number of likely N-dealkylation sites (tertiary alicyclic amines) is 1. The third kappa shape index (κ3) is 4.54. The Bertz CT molecular complexity index is 918. The van der Waals surface area contributed by atoms with Gasteiger partial charge in [0.1, 0.15) is 0 Å². The molecule has 1 aliphatic heterocycles. The zero-order valence-corrected chi connectivity index (χ0v) is 17.4. The Balaban J connectivity index is 1.45. The van der Waals surface area contributed by atoms with Gasteiger partial charge in [0.05, 0.1) is 41.2 Å². The fourth-order valence-corrected chi connectivity index (χ4v) is 4.55. The van der Waals surface area contributed by atoms with Crippen LogP contribution in [0.2, 0.25) is 0 Å². The van der Waals surface area contributed by atoms with E-state index in [4.69, 9.17) is 0 Å². The number of carbonyl (C=O) groups excluding carboxylic acids is 1. The van der Waals surface area contributed by atoms with Crippen LogP contribution < -0.4 is 5.32 Å². The summed E-state index contributed by atoms with van der Waals surface area (Å²) >= 11 is 1.66. The SMILES string of the molecule is C[C@H](C(=O)NCCn1ncc(-c2cnccn2)c1-c1cccs1)N1CCCCC1. The average molecular weight is 411 g/mol. The topological polar surface area (TPSA) is 75.9 Å². The minimum atomic E-state index is -0.0835. The minimum absolute atomic E-state index is 0.0835. The van der Waals surface area contributed by atoms with Crippen LogP contribution in [0.4, 0.5) is 0 Å². The lowest BCUT2D eigenvalue weighted by Crippen LogP contribution is -2.47. The zero-order chi connectivity index (χ0) is 20.1. The summed E-state index contributed by atoms with van der Waals surface area (Å²) in [7, 11) is 0. The molecule has 0 radical (unpaired) electrons. The number of piperidine rings is 1. The van der Waals surface area contributed by atoms with Gasteiger partial charge < -0.3 is 5.32 Å². The molecule has 0 aromatic carbocycles. The van der Waals surface area contributed by atoms with Crippen molar-refractivity contribution < 1.29 is 4.79 Å². The summed E-state index contributed by atoms with van der Waals surface area (Å²) < 4.78 is 1.95. The van der Waals surface area contributed by atoms with Crippen LogP contribution >= 0.6 is 11.3 Å². The fourth-order valence-electron chi connectivity index (χ4n) is 3.76. The highest BCUT2D eigenvalue weighted by molar-refractivity contribution is 7.13. The second kappa shape index (κ2) is 9.28. The molecule has 3 aromatic heterocycles. The molecule has 1 saturated heterocycles. The highest BCUT2D eigenvalue weighted by atomic mass is 32.1. The number of aromatic nitrogens is 4. The predicted octanol–water partition coefficient (Wildman–Crippen LogP) is 3.06. The van der Waals surface area contributed by atoms with Crippen molar-refractivity contribution in [2.45, 2.75) is 38.8 Å². The lowest BCUT2D eigenvalue weighted by molar-refractivity contribution is -0.126. The Kier molecular flexibility index (Phi) is 6.31. The van der Waals surface area contributed by atoms with Gasteiger partial charge in [-0.25, -0.2) is 0 Å². The van der Waals surface area contributed by atoms with Gasteiger partial charge in [0, 0.05) is 24.5 Å². The Morgan fingerprint density at radius 1 is 1.24 bits per heavy atom. The number of carbonyl (C=O) groups is 1. The Morgan fingerprint density at radius 2 is 2.10 bits per heavy atom. The largest absolute Gasteiger partial charge is 0.353 e. The monoisotopic (exact) mass is 410 g/mol. The van der Waals surface area contributed by atoms with E-state index in [1.807, 2.05) is 23.9 Å². The molecule has 1 amide bonds. The van der Waals surface area contributed by atoms with Crippen LogP contribution in [-0.2, 0) is 11.3 Å². The Morgan fingerprint density at radius 3 is 2.83 bits per heavy atom. The maximum atomic E-state index is 12.6. The first-order valence-electron chi connectivity index (χ1n) is 10.1. The van der Waals surface area contributed by atoms with E-state index < -0.39 is 0 Å². The van der Waals surface area contributed by atoms with E-state index in [9.17, 15) is 4.79 Å². The molecule has 0 bridgehead atoms. The zero-order valence-electron chi connectivity index (χ0n) is 16.6. The van der Waals surface area contributed by atoms with Gasteiger partial charge in [0.25, 0.3) is 0 Å². The third-order valence-corrected chi connectivity index (χ3v) is 6.25. The third-order valence-electron chi connectivity index (χ3n) is 5.37. The molecular formula is C21H26N6OS. The molecule has 1 atom stereocenters. The van der Waals surface area contributed by atoms with Crippen LogP contribution in [0.5, 0.6) is 0 Å². The maximum Gasteiger partial charge on any atom is 0.237 e. The first-order valence-corrected chi connectivity index (χ1v) is 11.0. The quantitative estimate of drug-likeness (QED) is 0.648. The summed E-state index contributed by atoms with van der Waals surface area (Å²) in [6.07, 6.45) is 10.6. The standard InChI is InChI=1S/C21H26N6OS/c1-16(26-10-3-2-4-11-26)21(28)24-9-12-27-20(19-6-5-13-29-19)17(14-25-27)18-15-22-7-8-23-18/h5-8,13-16H,2-4,9-12H2,1H3,(H,24,28)/t16-/m1/s1. The van der Waals surface area contributed by atoms with Crippen molar-refractivity contribution in [1.29, 1.82) is 0 Å². The molecule has 4 heterocycles. The van der Waals surface area contributed by atoms with E-state index in [1.54, 1.807) is 29.9 Å². The van der Waals surface area contributed by atoms with Crippen LogP contribution in [0.15, 0.2) is 42.3 Å². The first kappa shape index (κ1) is 19.7. The molecule has 29 heavy (non-hydrogen) atoms. The van der Waals surface area contributed by atoms with Gasteiger partial charge in [0.2, 0.25) is 5.91 Å². The summed E-state index contributed by atoms with van der Waals surface area (Å²) in [5, 5.41) is 9.71. The van der Waals surface area contributed by atoms with Crippen LogP contribution in [0.3, 0.4) is 0 Å². The Hall–Kier alpha value is -2.58. The minimum Gasteiger partial charge on any atom is -0.353 e. The fraction of sp³-hybridized carbons (Fsp3) is 0.429. The van der Waals surface area contributed by atoms with Gasteiger partial charge in [0.15, 0.2) is 0 Å². The van der Waals surface area contributed by atoms with Crippen molar-refractivity contribution in [3.63, 3.8) is 0 Å². The van der Waals surface area contributed by atoms with Crippen molar-refractivity contribution in [2.75, 3.05) is 19.6 Å². The van der Waals surface area contributed by atoms with E-state index >= 15 is 0 Å². The van der Waals surface area contributed by atoms with E-state index in [2.05, 4.69) is 36.7 Å². The molecule has 0 unspecified atom stereocenters. The van der Waals surface area contributed by atoms with E-state index in [-0.39, 0.29) is 11.9 Å². The number of nitrogens with zero attached hydrogens (tertiary/aromatic N) is 5. The van der Waals surface area contributed by atoms with Crippen LogP contribution in [0.25, 0.3) is 21.8 Å². The summed E-state index contributed by atoms with van der Waals surface area (Å²) in [6.45, 7) is 5.16. The summed E-state index contributed by atoms with van der Waals surface area (Å²) in [5.74, 6) is 0.0888. The summed E-state index contributed by atoms with van der Waals surface area (Å²) in [6, 6.07) is 4.02. The Labute approximate surface area is 174 Å². The van der Waals surface area contributed by atoms with Gasteiger partial charge in [-0.3, -0.25) is 24.3 Å². The number of thiophene rings is 1. The van der Waals surface area contributed by atoms with Crippen LogP contribution in [0, 0.1) is 0 Å². The van der Waals surface area contributed by atoms with Crippen molar-refractivity contribution >= 4 is 17.2 Å². The van der Waals surface area contributed by atoms with Gasteiger partial charge in [-0.15, -0.1) is 11.3 Å². The van der Waals surface area contributed by atoms with E-state index in [0.29, 0.717) is 13.1 Å². The normalized spacial score (nSPS) is 15.9. The first-order chi connectivity index (χ1) is 14.2. The average Bonchev–Trinajstić information content (AvgIpc) is 3.44. The number of hydrogen-bond acceptors (Lipinski definition) is 6. The van der Waals surface area contributed by atoms with Crippen molar-refractivity contribution in [2.24, 2.45) is 0 Å². The molecule has 7 nitrogen and oxygen atoms in total. The lowest BCUT2D eigenvalue weighted by atomic mass is 10.1. The number of amides is 1. The maximum absolute atomic E-state index is 12.6. The molecule has 3 aromatic rings. The van der Waals surface area contributed by atoms with Crippen LogP contribution in [0.1, 0.15) is 26.2 Å². The smallest absolute Gasteiger partial charge is 0.237 e.